The number of rotatable bonds is 2. The van der Waals surface area contributed by atoms with Gasteiger partial charge in [0.15, 0.2) is 6.33 Å². The fourth-order valence-corrected chi connectivity index (χ4v) is 0.374. The molecular weight excluding hydrogens is 136 g/mol. The summed E-state index contributed by atoms with van der Waals surface area (Å²) in [5, 5.41) is 18.4. The second-order valence-electron chi connectivity index (χ2n) is 1.41. The van der Waals surface area contributed by atoms with Crippen molar-refractivity contribution < 1.29 is 9.90 Å². The molecule has 0 bridgehead atoms. The molecule has 1 aromatic rings. The number of hydrogen-bond donors (Lipinski definition) is 1. The van der Waals surface area contributed by atoms with Crippen LogP contribution in [0, 0.1) is 0 Å². The summed E-state index contributed by atoms with van der Waals surface area (Å²) in [6.45, 7) is 0. The summed E-state index contributed by atoms with van der Waals surface area (Å²) >= 11 is 0. The van der Waals surface area contributed by atoms with Crippen LogP contribution < -0.4 is 0 Å². The highest BCUT2D eigenvalue weighted by molar-refractivity contribution is 5.82. The lowest BCUT2D eigenvalue weighted by Crippen LogP contribution is -1.94. The molecule has 1 N–H and O–H groups in total. The molecule has 0 amide bonds. The molecule has 1 heterocycles. The van der Waals surface area contributed by atoms with Gasteiger partial charge < -0.3 is 5.11 Å². The molecule has 0 aliphatic heterocycles. The quantitative estimate of drug-likeness (QED) is 0.545. The standard InChI is InChI=1S/C4H4N4O2/c9-4(10)1-2-8-6-3-5-7-8/h1-3H,(H,9,10). The molecule has 0 saturated heterocycles. The Hall–Kier alpha value is -1.72. The predicted octanol–water partition coefficient (Wildman–Crippen LogP) is -0.772. The molecule has 1 aromatic heterocycles. The number of nitrogens with zero attached hydrogens (tertiary/aromatic N) is 4. The summed E-state index contributed by atoms with van der Waals surface area (Å²) in [6, 6.07) is 0. The minimum atomic E-state index is -1.04. The number of hydrogen-bond acceptors (Lipinski definition) is 4. The monoisotopic (exact) mass is 140 g/mol. The van der Waals surface area contributed by atoms with Crippen molar-refractivity contribution in [2.45, 2.75) is 0 Å². The van der Waals surface area contributed by atoms with E-state index in [9.17, 15) is 4.79 Å². The van der Waals surface area contributed by atoms with E-state index in [2.05, 4.69) is 15.4 Å². The number of aliphatic carboxylic acids is 1. The van der Waals surface area contributed by atoms with Gasteiger partial charge in [-0.15, -0.1) is 15.0 Å². The largest absolute Gasteiger partial charge is 0.478 e. The average Bonchev–Trinajstić information content (AvgIpc) is 2.34. The molecule has 10 heavy (non-hydrogen) atoms. The third-order valence-electron chi connectivity index (χ3n) is 0.715. The normalized spacial score (nSPS) is 10.4. The van der Waals surface area contributed by atoms with Gasteiger partial charge in [-0.25, -0.2) is 4.79 Å². The Morgan fingerprint density at radius 3 is 3.00 bits per heavy atom. The number of aromatic nitrogens is 4. The molecule has 1 rings (SSSR count). The van der Waals surface area contributed by atoms with Gasteiger partial charge in [0.2, 0.25) is 0 Å². The minimum Gasteiger partial charge on any atom is -0.478 e. The van der Waals surface area contributed by atoms with Gasteiger partial charge in [-0.05, 0) is 5.21 Å². The van der Waals surface area contributed by atoms with Crippen molar-refractivity contribution in [2.75, 3.05) is 0 Å². The zero-order valence-corrected chi connectivity index (χ0v) is 4.88. The SMILES string of the molecule is O=C(O)C=Cn1ncnn1. The number of carboxylic acid groups (broad SMARTS) is 1. The molecule has 0 aliphatic carbocycles. The van der Waals surface area contributed by atoms with E-state index in [1.165, 1.54) is 12.5 Å². The predicted molar refractivity (Wildman–Crippen MR) is 30.8 cm³/mol. The van der Waals surface area contributed by atoms with E-state index in [-0.39, 0.29) is 0 Å². The van der Waals surface area contributed by atoms with Gasteiger partial charge >= 0.3 is 5.97 Å². The third kappa shape index (κ3) is 1.66. The Labute approximate surface area is 55.8 Å². The molecule has 6 heteroatoms. The van der Waals surface area contributed by atoms with Gasteiger partial charge in [0.25, 0.3) is 0 Å². The van der Waals surface area contributed by atoms with E-state index in [4.69, 9.17) is 5.11 Å². The molecule has 0 aliphatic rings. The van der Waals surface area contributed by atoms with Crippen LogP contribution in [0.4, 0.5) is 0 Å². The van der Waals surface area contributed by atoms with E-state index < -0.39 is 5.97 Å². The van der Waals surface area contributed by atoms with Crippen molar-refractivity contribution in [3.8, 4) is 0 Å². The van der Waals surface area contributed by atoms with Gasteiger partial charge in [0.05, 0.1) is 6.20 Å². The lowest BCUT2D eigenvalue weighted by Gasteiger charge is -1.81. The van der Waals surface area contributed by atoms with Crippen LogP contribution in [0.1, 0.15) is 0 Å². The summed E-state index contributed by atoms with van der Waals surface area (Å²) in [5.41, 5.74) is 0. The maximum absolute atomic E-state index is 9.92. The van der Waals surface area contributed by atoms with Crippen molar-refractivity contribution >= 4 is 12.2 Å². The van der Waals surface area contributed by atoms with Gasteiger partial charge in [-0.1, -0.05) is 0 Å². The van der Waals surface area contributed by atoms with Crippen LogP contribution in [0.25, 0.3) is 6.20 Å². The lowest BCUT2D eigenvalue weighted by molar-refractivity contribution is -0.131. The summed E-state index contributed by atoms with van der Waals surface area (Å²) in [4.78, 5) is 11.0. The van der Waals surface area contributed by atoms with Crippen molar-refractivity contribution in [3.63, 3.8) is 0 Å². The molecule has 52 valence electrons. The lowest BCUT2D eigenvalue weighted by atomic mass is 10.6. The first-order chi connectivity index (χ1) is 4.79. The van der Waals surface area contributed by atoms with Crippen LogP contribution in [0.5, 0.6) is 0 Å². The van der Waals surface area contributed by atoms with E-state index in [0.717, 1.165) is 10.9 Å². The van der Waals surface area contributed by atoms with Crippen LogP contribution in [0.15, 0.2) is 12.4 Å². The van der Waals surface area contributed by atoms with Gasteiger partial charge in [-0.2, -0.15) is 0 Å². The van der Waals surface area contributed by atoms with E-state index in [1.54, 1.807) is 0 Å². The Bertz CT molecular complexity index is 240. The van der Waals surface area contributed by atoms with Crippen LogP contribution >= 0.6 is 0 Å². The zero-order valence-electron chi connectivity index (χ0n) is 4.88. The second kappa shape index (κ2) is 2.72. The maximum Gasteiger partial charge on any atom is 0.329 e. The van der Waals surface area contributed by atoms with Crippen molar-refractivity contribution in [3.05, 3.63) is 12.4 Å². The molecule has 0 saturated carbocycles. The van der Waals surface area contributed by atoms with Gasteiger partial charge in [0, 0.05) is 6.08 Å². The van der Waals surface area contributed by atoms with Crippen LogP contribution in [-0.4, -0.2) is 31.3 Å². The highest BCUT2D eigenvalue weighted by Gasteiger charge is 1.86. The topological polar surface area (TPSA) is 80.9 Å². The van der Waals surface area contributed by atoms with Gasteiger partial charge in [0.1, 0.15) is 0 Å². The Kier molecular flexibility index (Phi) is 1.74. The Morgan fingerprint density at radius 2 is 2.50 bits per heavy atom. The molecule has 0 aromatic carbocycles. The van der Waals surface area contributed by atoms with E-state index in [1.807, 2.05) is 0 Å². The average molecular weight is 140 g/mol. The fraction of sp³-hybridized carbons (Fsp3) is 0. The van der Waals surface area contributed by atoms with Crippen LogP contribution in [0.3, 0.4) is 0 Å². The molecule has 0 radical (unpaired) electrons. The summed E-state index contributed by atoms with van der Waals surface area (Å²) in [5.74, 6) is -1.04. The number of carboxylic acids is 1. The summed E-state index contributed by atoms with van der Waals surface area (Å²) < 4.78 is 0. The summed E-state index contributed by atoms with van der Waals surface area (Å²) in [6.07, 6.45) is 3.32. The first-order valence-corrected chi connectivity index (χ1v) is 2.42. The second-order valence-corrected chi connectivity index (χ2v) is 1.41. The molecule has 0 atom stereocenters. The summed E-state index contributed by atoms with van der Waals surface area (Å²) in [7, 11) is 0. The van der Waals surface area contributed by atoms with Crippen LogP contribution in [0.2, 0.25) is 0 Å². The third-order valence-corrected chi connectivity index (χ3v) is 0.715. The zero-order chi connectivity index (χ0) is 7.40. The van der Waals surface area contributed by atoms with E-state index in [0.29, 0.717) is 0 Å². The van der Waals surface area contributed by atoms with Crippen LogP contribution in [-0.2, 0) is 4.79 Å². The maximum atomic E-state index is 9.92. The smallest absolute Gasteiger partial charge is 0.329 e. The van der Waals surface area contributed by atoms with Crippen molar-refractivity contribution in [2.24, 2.45) is 0 Å². The molecule has 0 unspecified atom stereocenters. The number of carbonyl (C=O) groups is 1. The highest BCUT2D eigenvalue weighted by atomic mass is 16.4. The van der Waals surface area contributed by atoms with Crippen molar-refractivity contribution in [1.82, 2.24) is 20.2 Å². The van der Waals surface area contributed by atoms with E-state index >= 15 is 0 Å². The fourth-order valence-electron chi connectivity index (χ4n) is 0.374. The van der Waals surface area contributed by atoms with Gasteiger partial charge in [-0.3, -0.25) is 0 Å². The van der Waals surface area contributed by atoms with Crippen molar-refractivity contribution in [1.29, 1.82) is 0 Å². The Balaban J connectivity index is 2.64. The minimum absolute atomic E-state index is 0.918. The number of tetrazole rings is 1. The molecule has 6 nitrogen and oxygen atoms in total. The molecule has 0 spiro atoms. The highest BCUT2D eigenvalue weighted by Crippen LogP contribution is 1.76. The molecule has 0 fully saturated rings. The Morgan fingerprint density at radius 1 is 1.70 bits per heavy atom. The first-order valence-electron chi connectivity index (χ1n) is 2.42. The molecular formula is C4H4N4O2. The first kappa shape index (κ1) is 6.40.